The summed E-state index contributed by atoms with van der Waals surface area (Å²) in [6.45, 7) is 7.40. The maximum Gasteiger partial charge on any atom is 0.306 e. The topological polar surface area (TPSA) is 61.8 Å². The Labute approximate surface area is 395 Å². The van der Waals surface area contributed by atoms with Crippen molar-refractivity contribution in [3.8, 4) is 0 Å². The summed E-state index contributed by atoms with van der Waals surface area (Å²) in [6, 6.07) is 0. The number of rotatable bonds is 46. The van der Waals surface area contributed by atoms with Crippen LogP contribution in [0.2, 0.25) is 0 Å². The van der Waals surface area contributed by atoms with Crippen LogP contribution in [-0.2, 0) is 23.8 Å². The van der Waals surface area contributed by atoms with Crippen molar-refractivity contribution in [2.75, 3.05) is 19.8 Å². The first-order chi connectivity index (χ1) is 31.6. The molecule has 1 atom stereocenters. The summed E-state index contributed by atoms with van der Waals surface area (Å²) in [6.07, 6.45) is 74.9. The van der Waals surface area contributed by atoms with Crippen LogP contribution in [0.3, 0.4) is 0 Å². The number of carbonyl (C=O) groups is 2. The maximum atomic E-state index is 12.8. The maximum absolute atomic E-state index is 12.8. The molecule has 362 valence electrons. The lowest BCUT2D eigenvalue weighted by Gasteiger charge is -2.18. The normalized spacial score (nSPS) is 13.2. The fourth-order valence-corrected chi connectivity index (χ4v) is 6.70. The molecule has 0 aromatic rings. The van der Waals surface area contributed by atoms with E-state index in [1.54, 1.807) is 0 Å². The highest BCUT2D eigenvalue weighted by Gasteiger charge is 2.17. The Balaban J connectivity index is 4.39. The molecule has 64 heavy (non-hydrogen) atoms. The third-order valence-corrected chi connectivity index (χ3v) is 10.5. The van der Waals surface area contributed by atoms with E-state index in [2.05, 4.69) is 142 Å². The van der Waals surface area contributed by atoms with E-state index in [9.17, 15) is 9.59 Å². The van der Waals surface area contributed by atoms with Crippen molar-refractivity contribution in [1.82, 2.24) is 0 Å². The lowest BCUT2D eigenvalue weighted by atomic mass is 10.1. The molecule has 0 fully saturated rings. The van der Waals surface area contributed by atoms with Gasteiger partial charge in [0.2, 0.25) is 0 Å². The standard InChI is InChI=1S/C59H96O5/c1-4-7-10-13-16-19-22-25-28-29-30-33-36-39-42-45-48-51-54-62-55-57(64-59(61)53-50-47-44-41-38-35-32-27-24-21-18-15-12-9-6-3)56-63-58(60)52-49-46-43-40-37-34-31-26-23-20-17-14-11-8-5-2/h7-12,16-21,25-28,30-33,57H,4-6,13-15,22-24,29,34-56H2,1-3H3/b10-7-,11-8-,12-9-,19-16-,20-17-,21-18-,28-25-,31-26-,32-27-,33-30-. The molecular weight excluding hydrogens is 789 g/mol. The van der Waals surface area contributed by atoms with E-state index in [0.29, 0.717) is 19.4 Å². The first-order valence-electron chi connectivity index (χ1n) is 26.1. The van der Waals surface area contributed by atoms with Gasteiger partial charge in [-0.3, -0.25) is 9.59 Å². The van der Waals surface area contributed by atoms with Crippen LogP contribution >= 0.6 is 0 Å². The first-order valence-corrected chi connectivity index (χ1v) is 26.1. The van der Waals surface area contributed by atoms with Crippen LogP contribution in [0.25, 0.3) is 0 Å². The molecule has 0 rings (SSSR count). The molecule has 0 spiro atoms. The number of hydrogen-bond donors (Lipinski definition) is 0. The minimum atomic E-state index is -0.571. The molecule has 5 heteroatoms. The van der Waals surface area contributed by atoms with Gasteiger partial charge in [0.15, 0.2) is 6.10 Å². The summed E-state index contributed by atoms with van der Waals surface area (Å²) in [7, 11) is 0. The molecule has 0 saturated carbocycles. The van der Waals surface area contributed by atoms with Crippen LogP contribution in [0, 0.1) is 0 Å². The molecule has 0 aromatic carbocycles. The third-order valence-electron chi connectivity index (χ3n) is 10.5. The molecule has 1 unspecified atom stereocenters. The van der Waals surface area contributed by atoms with Crippen LogP contribution in [0.1, 0.15) is 213 Å². The second kappa shape index (κ2) is 53.6. The summed E-state index contributed by atoms with van der Waals surface area (Å²) in [5.41, 5.74) is 0. The monoisotopic (exact) mass is 885 g/mol. The van der Waals surface area contributed by atoms with E-state index in [-0.39, 0.29) is 25.2 Å². The van der Waals surface area contributed by atoms with E-state index < -0.39 is 6.10 Å². The van der Waals surface area contributed by atoms with E-state index in [4.69, 9.17) is 14.2 Å². The zero-order valence-corrected chi connectivity index (χ0v) is 41.5. The van der Waals surface area contributed by atoms with Gasteiger partial charge in [-0.15, -0.1) is 0 Å². The molecule has 0 radical (unpaired) electrons. The fraction of sp³-hybridized carbons (Fsp3) is 0.627. The van der Waals surface area contributed by atoms with Crippen LogP contribution in [0.5, 0.6) is 0 Å². The minimum Gasteiger partial charge on any atom is -0.462 e. The van der Waals surface area contributed by atoms with Gasteiger partial charge < -0.3 is 14.2 Å². The highest BCUT2D eigenvalue weighted by molar-refractivity contribution is 5.70. The second-order valence-electron chi connectivity index (χ2n) is 16.6. The lowest BCUT2D eigenvalue weighted by molar-refractivity contribution is -0.163. The van der Waals surface area contributed by atoms with Crippen LogP contribution < -0.4 is 0 Å². The Bertz CT molecular complexity index is 1320. The molecule has 0 N–H and O–H groups in total. The van der Waals surface area contributed by atoms with Crippen molar-refractivity contribution in [2.45, 2.75) is 219 Å². The Morgan fingerprint density at radius 2 is 0.656 bits per heavy atom. The molecule has 0 aromatic heterocycles. The van der Waals surface area contributed by atoms with E-state index in [0.717, 1.165) is 135 Å². The summed E-state index contributed by atoms with van der Waals surface area (Å²) in [4.78, 5) is 25.4. The molecule has 0 bridgehead atoms. The summed E-state index contributed by atoms with van der Waals surface area (Å²) >= 11 is 0. The van der Waals surface area contributed by atoms with E-state index in [1.165, 1.54) is 44.9 Å². The van der Waals surface area contributed by atoms with Crippen molar-refractivity contribution in [3.63, 3.8) is 0 Å². The van der Waals surface area contributed by atoms with E-state index in [1.807, 2.05) is 0 Å². The number of carbonyl (C=O) groups excluding carboxylic acids is 2. The molecule has 0 amide bonds. The van der Waals surface area contributed by atoms with Gasteiger partial charge in [-0.25, -0.2) is 0 Å². The number of esters is 2. The molecule has 0 aliphatic carbocycles. The number of hydrogen-bond acceptors (Lipinski definition) is 5. The van der Waals surface area contributed by atoms with Crippen molar-refractivity contribution in [1.29, 1.82) is 0 Å². The molecule has 0 aliphatic rings. The summed E-state index contributed by atoms with van der Waals surface area (Å²) in [5, 5.41) is 0. The Hall–Kier alpha value is -3.70. The number of unbranched alkanes of at least 4 members (excludes halogenated alkanes) is 15. The number of allylic oxidation sites excluding steroid dienone is 20. The van der Waals surface area contributed by atoms with Gasteiger partial charge in [0, 0.05) is 19.4 Å². The second-order valence-corrected chi connectivity index (χ2v) is 16.6. The molecule has 0 saturated heterocycles. The SMILES string of the molecule is CC/C=C\C/C=C\C/C=C\C/C=C\CCCCCCCOCC(COC(=O)CCCCCCC/C=C\C/C=C\C/C=C\CC)OC(=O)CCCCCCC/C=C\C/C=C\C/C=C\CC. The molecule has 5 nitrogen and oxygen atoms in total. The zero-order chi connectivity index (χ0) is 46.3. The van der Waals surface area contributed by atoms with Crippen molar-refractivity contribution < 1.29 is 23.8 Å². The first kappa shape index (κ1) is 60.3. The Morgan fingerprint density at radius 3 is 1.05 bits per heavy atom. The van der Waals surface area contributed by atoms with Gasteiger partial charge in [-0.2, -0.15) is 0 Å². The number of ether oxygens (including phenoxy) is 3. The van der Waals surface area contributed by atoms with Gasteiger partial charge >= 0.3 is 11.9 Å². The largest absolute Gasteiger partial charge is 0.462 e. The highest BCUT2D eigenvalue weighted by atomic mass is 16.6. The third kappa shape index (κ3) is 50.9. The van der Waals surface area contributed by atoms with Gasteiger partial charge in [0.05, 0.1) is 6.61 Å². The average molecular weight is 885 g/mol. The average Bonchev–Trinajstić information content (AvgIpc) is 3.30. The predicted octanol–water partition coefficient (Wildman–Crippen LogP) is 17.8. The van der Waals surface area contributed by atoms with Gasteiger partial charge in [-0.05, 0) is 122 Å². The van der Waals surface area contributed by atoms with Crippen molar-refractivity contribution in [3.05, 3.63) is 122 Å². The predicted molar refractivity (Wildman–Crippen MR) is 279 cm³/mol. The molecule has 0 heterocycles. The smallest absolute Gasteiger partial charge is 0.306 e. The quantitative estimate of drug-likeness (QED) is 0.0346. The van der Waals surface area contributed by atoms with E-state index >= 15 is 0 Å². The van der Waals surface area contributed by atoms with Crippen molar-refractivity contribution >= 4 is 11.9 Å². The van der Waals surface area contributed by atoms with Gasteiger partial charge in [-0.1, -0.05) is 200 Å². The lowest BCUT2D eigenvalue weighted by Crippen LogP contribution is -2.30. The highest BCUT2D eigenvalue weighted by Crippen LogP contribution is 2.12. The van der Waals surface area contributed by atoms with Crippen molar-refractivity contribution in [2.24, 2.45) is 0 Å². The van der Waals surface area contributed by atoms with Crippen LogP contribution in [0.15, 0.2) is 122 Å². The fourth-order valence-electron chi connectivity index (χ4n) is 6.70. The summed E-state index contributed by atoms with van der Waals surface area (Å²) in [5.74, 6) is -0.455. The molecular formula is C59H96O5. The Morgan fingerprint density at radius 1 is 0.344 bits per heavy atom. The zero-order valence-electron chi connectivity index (χ0n) is 41.5. The van der Waals surface area contributed by atoms with Gasteiger partial charge in [0.1, 0.15) is 6.61 Å². The summed E-state index contributed by atoms with van der Waals surface area (Å²) < 4.78 is 17.4. The van der Waals surface area contributed by atoms with Gasteiger partial charge in [0.25, 0.3) is 0 Å². The minimum absolute atomic E-state index is 0.0536. The van der Waals surface area contributed by atoms with Crippen LogP contribution in [-0.4, -0.2) is 37.9 Å². The molecule has 0 aliphatic heterocycles. The van der Waals surface area contributed by atoms with Crippen LogP contribution in [0.4, 0.5) is 0 Å². The Kier molecular flexibility index (Phi) is 50.5.